The Morgan fingerprint density at radius 1 is 1.12 bits per heavy atom. The van der Waals surface area contributed by atoms with Gasteiger partial charge in [-0.05, 0) is 48.2 Å². The Bertz CT molecular complexity index is 534. The number of nitrogens with two attached hydrogens (primary N) is 1. The second kappa shape index (κ2) is 4.09. The molecule has 1 aromatic carbocycles. The predicted octanol–water partition coefficient (Wildman–Crippen LogP) is 2.66. The zero-order valence-corrected chi connectivity index (χ0v) is 9.52. The van der Waals surface area contributed by atoms with E-state index < -0.39 is 0 Å². The van der Waals surface area contributed by atoms with Crippen LogP contribution in [0.2, 0.25) is 0 Å². The number of nitrogens with zero attached hydrogens (tertiary/aromatic N) is 1. The van der Waals surface area contributed by atoms with Gasteiger partial charge in [-0.2, -0.15) is 0 Å². The van der Waals surface area contributed by atoms with Crippen LogP contribution in [0.5, 0.6) is 5.75 Å². The second-order valence-electron chi connectivity index (χ2n) is 4.25. The Hall–Kier alpha value is -2.03. The van der Waals surface area contributed by atoms with E-state index in [9.17, 15) is 0 Å². The molecular weight excluding hydrogens is 212 g/mol. The smallest absolute Gasteiger partial charge is 0.123 e. The summed E-state index contributed by atoms with van der Waals surface area (Å²) in [6, 6.07) is 10.1. The maximum Gasteiger partial charge on any atom is 0.123 e. The largest absolute Gasteiger partial charge is 0.493 e. The number of pyridine rings is 1. The second-order valence-corrected chi connectivity index (χ2v) is 4.25. The number of ether oxygens (including phenoxy) is 1. The van der Waals surface area contributed by atoms with Crippen molar-refractivity contribution in [3.8, 4) is 16.9 Å². The van der Waals surface area contributed by atoms with Gasteiger partial charge in [-0.25, -0.2) is 4.98 Å². The number of nitrogen functional groups attached to an aromatic ring is 1. The van der Waals surface area contributed by atoms with Crippen molar-refractivity contribution in [2.24, 2.45) is 0 Å². The number of rotatable bonds is 1. The van der Waals surface area contributed by atoms with Crippen LogP contribution in [-0.2, 0) is 6.42 Å². The van der Waals surface area contributed by atoms with Crippen molar-refractivity contribution in [3.63, 3.8) is 0 Å². The number of hydrogen-bond donors (Lipinski definition) is 1. The van der Waals surface area contributed by atoms with Crippen molar-refractivity contribution in [3.05, 3.63) is 42.1 Å². The van der Waals surface area contributed by atoms with Gasteiger partial charge in [0.25, 0.3) is 0 Å². The van der Waals surface area contributed by atoms with E-state index >= 15 is 0 Å². The van der Waals surface area contributed by atoms with Crippen LogP contribution in [0.15, 0.2) is 36.5 Å². The Kier molecular flexibility index (Phi) is 2.44. The van der Waals surface area contributed by atoms with E-state index in [-0.39, 0.29) is 0 Å². The van der Waals surface area contributed by atoms with Gasteiger partial charge in [-0.3, -0.25) is 0 Å². The fourth-order valence-corrected chi connectivity index (χ4v) is 2.12. The predicted molar refractivity (Wildman–Crippen MR) is 67.9 cm³/mol. The molecule has 3 rings (SSSR count). The summed E-state index contributed by atoms with van der Waals surface area (Å²) in [7, 11) is 0. The minimum atomic E-state index is 0.551. The number of fused-ring (bicyclic) bond motifs is 1. The lowest BCUT2D eigenvalue weighted by atomic mass is 10.00. The molecular formula is C14H14N2O. The first-order chi connectivity index (χ1) is 8.33. The third kappa shape index (κ3) is 1.96. The highest BCUT2D eigenvalue weighted by Gasteiger charge is 2.11. The summed E-state index contributed by atoms with van der Waals surface area (Å²) in [6.07, 6.45) is 3.99. The van der Waals surface area contributed by atoms with E-state index in [4.69, 9.17) is 10.5 Å². The van der Waals surface area contributed by atoms with E-state index in [2.05, 4.69) is 17.1 Å². The summed E-state index contributed by atoms with van der Waals surface area (Å²) < 4.78 is 5.60. The molecule has 2 N–H and O–H groups in total. The van der Waals surface area contributed by atoms with Crippen LogP contribution in [0.1, 0.15) is 12.0 Å². The molecule has 3 heteroatoms. The Balaban J connectivity index is 2.01. The van der Waals surface area contributed by atoms with Crippen LogP contribution in [0, 0.1) is 0 Å². The topological polar surface area (TPSA) is 48.1 Å². The fraction of sp³-hybridized carbons (Fsp3) is 0.214. The van der Waals surface area contributed by atoms with Crippen LogP contribution >= 0.6 is 0 Å². The number of hydrogen-bond acceptors (Lipinski definition) is 3. The summed E-state index contributed by atoms with van der Waals surface area (Å²) in [5.41, 5.74) is 9.13. The fourth-order valence-electron chi connectivity index (χ4n) is 2.12. The van der Waals surface area contributed by atoms with Crippen LogP contribution < -0.4 is 10.5 Å². The highest BCUT2D eigenvalue weighted by atomic mass is 16.5. The van der Waals surface area contributed by atoms with Gasteiger partial charge in [0.1, 0.15) is 11.6 Å². The van der Waals surface area contributed by atoms with Gasteiger partial charge in [0.2, 0.25) is 0 Å². The van der Waals surface area contributed by atoms with E-state index in [1.807, 2.05) is 18.2 Å². The van der Waals surface area contributed by atoms with Crippen LogP contribution in [0.3, 0.4) is 0 Å². The molecule has 3 nitrogen and oxygen atoms in total. The van der Waals surface area contributed by atoms with E-state index in [0.29, 0.717) is 5.82 Å². The summed E-state index contributed by atoms with van der Waals surface area (Å²) in [6.45, 7) is 0.829. The molecule has 1 aliphatic rings. The molecule has 0 bridgehead atoms. The Labute approximate surface area is 100 Å². The first-order valence-corrected chi connectivity index (χ1v) is 5.80. The van der Waals surface area contributed by atoms with Crippen LogP contribution in [-0.4, -0.2) is 11.6 Å². The molecule has 0 unspecified atom stereocenters. The molecule has 2 heterocycles. The normalized spacial score (nSPS) is 13.9. The summed E-state index contributed by atoms with van der Waals surface area (Å²) >= 11 is 0. The first-order valence-electron chi connectivity index (χ1n) is 5.80. The summed E-state index contributed by atoms with van der Waals surface area (Å²) in [5.74, 6) is 1.57. The lowest BCUT2D eigenvalue weighted by Gasteiger charge is -2.17. The SMILES string of the molecule is Nc1ccc(-c2ccc3c(c2)CCCO3)cn1. The molecule has 17 heavy (non-hydrogen) atoms. The van der Waals surface area contributed by atoms with Crippen molar-refractivity contribution in [2.75, 3.05) is 12.3 Å². The maximum absolute atomic E-state index is 5.60. The average Bonchev–Trinajstić information content (AvgIpc) is 2.39. The van der Waals surface area contributed by atoms with Gasteiger partial charge >= 0.3 is 0 Å². The lowest BCUT2D eigenvalue weighted by molar-refractivity contribution is 0.288. The first kappa shape index (κ1) is 10.1. The van der Waals surface area contributed by atoms with Gasteiger partial charge in [0.05, 0.1) is 6.61 Å². The number of aromatic nitrogens is 1. The summed E-state index contributed by atoms with van der Waals surface area (Å²) in [5, 5.41) is 0. The number of benzene rings is 1. The molecule has 0 spiro atoms. The monoisotopic (exact) mass is 226 g/mol. The van der Waals surface area contributed by atoms with Gasteiger partial charge < -0.3 is 10.5 Å². The van der Waals surface area contributed by atoms with Crippen molar-refractivity contribution in [2.45, 2.75) is 12.8 Å². The van der Waals surface area contributed by atoms with Crippen LogP contribution in [0.25, 0.3) is 11.1 Å². The van der Waals surface area contributed by atoms with Crippen LogP contribution in [0.4, 0.5) is 5.82 Å². The average molecular weight is 226 g/mol. The Morgan fingerprint density at radius 2 is 2.00 bits per heavy atom. The van der Waals surface area contributed by atoms with Gasteiger partial charge in [-0.1, -0.05) is 6.07 Å². The molecule has 0 amide bonds. The van der Waals surface area contributed by atoms with Gasteiger partial charge in [-0.15, -0.1) is 0 Å². The van der Waals surface area contributed by atoms with Crippen molar-refractivity contribution in [1.29, 1.82) is 0 Å². The van der Waals surface area contributed by atoms with E-state index in [0.717, 1.165) is 30.8 Å². The number of anilines is 1. The molecule has 0 atom stereocenters. The quantitative estimate of drug-likeness (QED) is 0.813. The minimum absolute atomic E-state index is 0.551. The molecule has 86 valence electrons. The minimum Gasteiger partial charge on any atom is -0.493 e. The third-order valence-electron chi connectivity index (χ3n) is 3.03. The van der Waals surface area contributed by atoms with Gasteiger partial charge in [0, 0.05) is 11.8 Å². The van der Waals surface area contributed by atoms with Crippen molar-refractivity contribution in [1.82, 2.24) is 4.98 Å². The Morgan fingerprint density at radius 3 is 2.82 bits per heavy atom. The zero-order chi connectivity index (χ0) is 11.7. The molecule has 0 saturated carbocycles. The van der Waals surface area contributed by atoms with Crippen molar-refractivity contribution >= 4 is 5.82 Å². The summed E-state index contributed by atoms with van der Waals surface area (Å²) in [4.78, 5) is 4.11. The molecule has 1 aliphatic heterocycles. The maximum atomic E-state index is 5.60. The molecule has 0 fully saturated rings. The molecule has 0 saturated heterocycles. The number of aryl methyl sites for hydroxylation is 1. The lowest BCUT2D eigenvalue weighted by Crippen LogP contribution is -2.08. The zero-order valence-electron chi connectivity index (χ0n) is 9.52. The standard InChI is InChI=1S/C14H14N2O/c15-14-6-4-12(9-16-14)10-3-5-13-11(8-10)2-1-7-17-13/h3-6,8-9H,1-2,7H2,(H2,15,16). The van der Waals surface area contributed by atoms with Gasteiger partial charge in [0.15, 0.2) is 0 Å². The molecule has 1 aromatic heterocycles. The van der Waals surface area contributed by atoms with E-state index in [1.54, 1.807) is 6.20 Å². The molecule has 2 aromatic rings. The van der Waals surface area contributed by atoms with Crippen molar-refractivity contribution < 1.29 is 4.74 Å². The molecule has 0 aliphatic carbocycles. The van der Waals surface area contributed by atoms with E-state index in [1.165, 1.54) is 11.1 Å². The third-order valence-corrected chi connectivity index (χ3v) is 3.03. The highest BCUT2D eigenvalue weighted by Crippen LogP contribution is 2.29. The highest BCUT2D eigenvalue weighted by molar-refractivity contribution is 5.65. The molecule has 0 radical (unpaired) electrons.